The Bertz CT molecular complexity index is 673. The summed E-state index contributed by atoms with van der Waals surface area (Å²) in [4.78, 5) is 19.8. The van der Waals surface area contributed by atoms with Crippen molar-refractivity contribution < 1.29 is 14.4 Å². The summed E-state index contributed by atoms with van der Waals surface area (Å²) >= 11 is 0. The number of benzene rings is 1. The van der Waals surface area contributed by atoms with Crippen LogP contribution >= 0.6 is 0 Å². The van der Waals surface area contributed by atoms with Crippen molar-refractivity contribution in [3.8, 4) is 17.1 Å². The van der Waals surface area contributed by atoms with Crippen LogP contribution in [0, 0.1) is 0 Å². The predicted octanol–water partition coefficient (Wildman–Crippen LogP) is 2.30. The van der Waals surface area contributed by atoms with Gasteiger partial charge in [0.1, 0.15) is 5.75 Å². The molecule has 1 aromatic heterocycles. The number of urea groups is 1. The van der Waals surface area contributed by atoms with Crippen molar-refractivity contribution in [1.29, 1.82) is 0 Å². The molecule has 1 fully saturated rings. The summed E-state index contributed by atoms with van der Waals surface area (Å²) < 4.78 is 5.39. The SMILES string of the molecule is CN(C)C(=O)N1CCC(c2nc(-c3ccc(O)cc3)no2)CC1. The lowest BCUT2D eigenvalue weighted by molar-refractivity contribution is 0.152. The number of phenolic OH excluding ortho intramolecular Hbond substituents is 1. The van der Waals surface area contributed by atoms with Crippen LogP contribution in [0.1, 0.15) is 24.7 Å². The Kier molecular flexibility index (Phi) is 4.18. The van der Waals surface area contributed by atoms with Crippen LogP contribution in [-0.2, 0) is 0 Å². The van der Waals surface area contributed by atoms with Crippen LogP contribution in [0.4, 0.5) is 4.79 Å². The fourth-order valence-corrected chi connectivity index (χ4v) is 2.73. The lowest BCUT2D eigenvalue weighted by atomic mass is 9.97. The Hall–Kier alpha value is -2.57. The first-order valence-corrected chi connectivity index (χ1v) is 7.64. The predicted molar refractivity (Wildman–Crippen MR) is 84.0 cm³/mol. The highest BCUT2D eigenvalue weighted by Gasteiger charge is 2.28. The number of hydrogen-bond donors (Lipinski definition) is 1. The van der Waals surface area contributed by atoms with Crippen molar-refractivity contribution in [1.82, 2.24) is 19.9 Å². The van der Waals surface area contributed by atoms with Crippen molar-refractivity contribution >= 4 is 6.03 Å². The van der Waals surface area contributed by atoms with Crippen LogP contribution in [-0.4, -0.2) is 58.3 Å². The molecular weight excluding hydrogens is 296 g/mol. The maximum absolute atomic E-state index is 11.9. The Morgan fingerprint density at radius 2 is 1.91 bits per heavy atom. The van der Waals surface area contributed by atoms with E-state index < -0.39 is 0 Å². The summed E-state index contributed by atoms with van der Waals surface area (Å²) in [7, 11) is 3.52. The van der Waals surface area contributed by atoms with E-state index in [1.807, 2.05) is 4.90 Å². The molecule has 0 spiro atoms. The first-order valence-electron chi connectivity index (χ1n) is 7.64. The lowest BCUT2D eigenvalue weighted by Gasteiger charge is -2.32. The fraction of sp³-hybridized carbons (Fsp3) is 0.438. The summed E-state index contributed by atoms with van der Waals surface area (Å²) in [6.45, 7) is 1.39. The molecular formula is C16H20N4O3. The molecule has 1 aliphatic rings. The number of rotatable bonds is 2. The molecule has 23 heavy (non-hydrogen) atoms. The fourth-order valence-electron chi connectivity index (χ4n) is 2.73. The molecule has 122 valence electrons. The number of nitrogens with zero attached hydrogens (tertiary/aromatic N) is 4. The zero-order valence-electron chi connectivity index (χ0n) is 13.3. The molecule has 0 unspecified atom stereocenters. The maximum Gasteiger partial charge on any atom is 0.319 e. The van der Waals surface area contributed by atoms with E-state index in [-0.39, 0.29) is 17.7 Å². The summed E-state index contributed by atoms with van der Waals surface area (Å²) in [5.74, 6) is 1.52. The van der Waals surface area contributed by atoms with Gasteiger partial charge in [-0.05, 0) is 37.1 Å². The van der Waals surface area contributed by atoms with Gasteiger partial charge in [-0.1, -0.05) is 5.16 Å². The highest BCUT2D eigenvalue weighted by Crippen LogP contribution is 2.29. The first kappa shape index (κ1) is 15.3. The summed E-state index contributed by atoms with van der Waals surface area (Å²) in [6.07, 6.45) is 1.63. The number of carbonyl (C=O) groups is 1. The smallest absolute Gasteiger partial charge is 0.319 e. The second-order valence-corrected chi connectivity index (χ2v) is 5.94. The molecule has 7 nitrogen and oxygen atoms in total. The highest BCUT2D eigenvalue weighted by molar-refractivity contribution is 5.73. The normalized spacial score (nSPS) is 15.7. The van der Waals surface area contributed by atoms with Gasteiger partial charge in [-0.15, -0.1) is 0 Å². The van der Waals surface area contributed by atoms with E-state index in [0.717, 1.165) is 18.4 Å². The molecule has 1 N–H and O–H groups in total. The number of aromatic nitrogens is 2. The van der Waals surface area contributed by atoms with Crippen LogP contribution in [0.5, 0.6) is 5.75 Å². The second kappa shape index (κ2) is 6.28. The molecule has 2 aromatic rings. The molecule has 1 saturated heterocycles. The number of carbonyl (C=O) groups excluding carboxylic acids is 1. The quantitative estimate of drug-likeness (QED) is 0.919. The summed E-state index contributed by atoms with van der Waals surface area (Å²) in [6, 6.07) is 6.73. The third kappa shape index (κ3) is 3.28. The Morgan fingerprint density at radius 1 is 1.26 bits per heavy atom. The first-order chi connectivity index (χ1) is 11.0. The molecule has 7 heteroatoms. The molecule has 0 bridgehead atoms. The van der Waals surface area contributed by atoms with Crippen molar-refractivity contribution in [2.75, 3.05) is 27.2 Å². The van der Waals surface area contributed by atoms with Gasteiger partial charge in [0, 0.05) is 38.7 Å². The highest BCUT2D eigenvalue weighted by atomic mass is 16.5. The van der Waals surface area contributed by atoms with E-state index in [0.29, 0.717) is 24.8 Å². The topological polar surface area (TPSA) is 82.7 Å². The van der Waals surface area contributed by atoms with E-state index in [4.69, 9.17) is 4.52 Å². The van der Waals surface area contributed by atoms with Crippen LogP contribution in [0.15, 0.2) is 28.8 Å². The van der Waals surface area contributed by atoms with Gasteiger partial charge in [0.05, 0.1) is 0 Å². The van der Waals surface area contributed by atoms with E-state index in [1.54, 1.807) is 43.3 Å². The molecule has 0 radical (unpaired) electrons. The lowest BCUT2D eigenvalue weighted by Crippen LogP contribution is -2.43. The van der Waals surface area contributed by atoms with E-state index >= 15 is 0 Å². The Balaban J connectivity index is 1.66. The molecule has 0 saturated carbocycles. The number of likely N-dealkylation sites (tertiary alicyclic amines) is 1. The van der Waals surface area contributed by atoms with Crippen molar-refractivity contribution in [2.45, 2.75) is 18.8 Å². The molecule has 1 aliphatic heterocycles. The number of amides is 2. The molecule has 0 atom stereocenters. The van der Waals surface area contributed by atoms with Gasteiger partial charge in [-0.25, -0.2) is 4.79 Å². The van der Waals surface area contributed by atoms with Crippen LogP contribution in [0.2, 0.25) is 0 Å². The van der Waals surface area contributed by atoms with Crippen molar-refractivity contribution in [3.63, 3.8) is 0 Å². The van der Waals surface area contributed by atoms with Gasteiger partial charge in [-0.2, -0.15) is 4.98 Å². The number of aromatic hydroxyl groups is 1. The van der Waals surface area contributed by atoms with Gasteiger partial charge in [0.15, 0.2) is 0 Å². The minimum Gasteiger partial charge on any atom is -0.508 e. The number of phenols is 1. The third-order valence-electron chi connectivity index (χ3n) is 4.06. The van der Waals surface area contributed by atoms with E-state index in [2.05, 4.69) is 10.1 Å². The largest absolute Gasteiger partial charge is 0.508 e. The van der Waals surface area contributed by atoms with Gasteiger partial charge >= 0.3 is 6.03 Å². The van der Waals surface area contributed by atoms with Crippen LogP contribution in [0.25, 0.3) is 11.4 Å². The number of hydrogen-bond acceptors (Lipinski definition) is 5. The molecule has 2 heterocycles. The minimum atomic E-state index is 0.0405. The monoisotopic (exact) mass is 316 g/mol. The number of piperidine rings is 1. The average molecular weight is 316 g/mol. The zero-order chi connectivity index (χ0) is 16.4. The second-order valence-electron chi connectivity index (χ2n) is 5.94. The van der Waals surface area contributed by atoms with Crippen molar-refractivity contribution in [2.24, 2.45) is 0 Å². The Labute approximate surface area is 134 Å². The van der Waals surface area contributed by atoms with Gasteiger partial charge in [0.2, 0.25) is 11.7 Å². The molecule has 1 aromatic carbocycles. The Morgan fingerprint density at radius 3 is 2.52 bits per heavy atom. The summed E-state index contributed by atoms with van der Waals surface area (Å²) in [5.41, 5.74) is 0.804. The van der Waals surface area contributed by atoms with Gasteiger partial charge < -0.3 is 19.4 Å². The zero-order valence-corrected chi connectivity index (χ0v) is 13.3. The van der Waals surface area contributed by atoms with E-state index in [1.165, 1.54) is 0 Å². The standard InChI is InChI=1S/C16H20N4O3/c1-19(2)16(22)20-9-7-12(8-10-20)15-17-14(18-23-15)11-3-5-13(21)6-4-11/h3-6,12,21H,7-10H2,1-2H3. The van der Waals surface area contributed by atoms with Crippen molar-refractivity contribution in [3.05, 3.63) is 30.2 Å². The van der Waals surface area contributed by atoms with Crippen LogP contribution < -0.4 is 0 Å². The summed E-state index contributed by atoms with van der Waals surface area (Å²) in [5, 5.41) is 13.3. The third-order valence-corrected chi connectivity index (χ3v) is 4.06. The average Bonchev–Trinajstić information content (AvgIpc) is 3.05. The minimum absolute atomic E-state index is 0.0405. The molecule has 3 rings (SSSR count). The molecule has 2 amide bonds. The van der Waals surface area contributed by atoms with Gasteiger partial charge in [0.25, 0.3) is 0 Å². The van der Waals surface area contributed by atoms with Gasteiger partial charge in [-0.3, -0.25) is 0 Å². The van der Waals surface area contributed by atoms with E-state index in [9.17, 15) is 9.90 Å². The maximum atomic E-state index is 11.9. The molecule has 0 aliphatic carbocycles. The van der Waals surface area contributed by atoms with Crippen LogP contribution in [0.3, 0.4) is 0 Å².